The maximum atomic E-state index is 13.6. The third kappa shape index (κ3) is 6.37. The van der Waals surface area contributed by atoms with E-state index in [4.69, 9.17) is 40.5 Å². The summed E-state index contributed by atoms with van der Waals surface area (Å²) in [4.78, 5) is 12.2. The summed E-state index contributed by atoms with van der Waals surface area (Å²) < 4.78 is 41.3. The van der Waals surface area contributed by atoms with Crippen LogP contribution in [0.3, 0.4) is 0 Å². The standard InChI is InChI=1S/C20H17BrCl3F3N2O/c1-10(9-28)29-19(30)13-4-2-11(6-15(13)21)3-5-14(20(25,26)27)12-7-16(22)18(24)17(23)8-12/h2-8,10,14H,9,28H2,1H3,(H,29,30)/b5-3+. The van der Waals surface area contributed by atoms with Gasteiger partial charge >= 0.3 is 6.18 Å². The molecule has 0 aliphatic carbocycles. The molecule has 0 aromatic heterocycles. The number of rotatable bonds is 6. The van der Waals surface area contributed by atoms with Gasteiger partial charge in [-0.3, -0.25) is 4.79 Å². The fourth-order valence-corrected chi connectivity index (χ4v) is 3.74. The molecule has 2 aromatic carbocycles. The SMILES string of the molecule is CC(CN)NC(=O)c1ccc(/C=C/C(c2cc(Cl)c(Cl)c(Cl)c2)C(F)(F)F)cc1Br. The van der Waals surface area contributed by atoms with E-state index in [9.17, 15) is 18.0 Å². The molecule has 0 fully saturated rings. The summed E-state index contributed by atoms with van der Waals surface area (Å²) in [5.41, 5.74) is 6.16. The lowest BCUT2D eigenvalue weighted by molar-refractivity contribution is -0.139. The lowest BCUT2D eigenvalue weighted by atomic mass is 9.97. The van der Waals surface area contributed by atoms with Crippen LogP contribution in [-0.2, 0) is 0 Å². The number of carbonyl (C=O) groups is 1. The highest BCUT2D eigenvalue weighted by atomic mass is 79.9. The van der Waals surface area contributed by atoms with Gasteiger partial charge in [-0.25, -0.2) is 0 Å². The van der Waals surface area contributed by atoms with Gasteiger partial charge in [-0.2, -0.15) is 13.2 Å². The van der Waals surface area contributed by atoms with Gasteiger partial charge in [-0.05, 0) is 58.2 Å². The zero-order chi connectivity index (χ0) is 22.6. The smallest absolute Gasteiger partial charge is 0.348 e. The highest BCUT2D eigenvalue weighted by Gasteiger charge is 2.39. The summed E-state index contributed by atoms with van der Waals surface area (Å²) in [6.45, 7) is 2.04. The van der Waals surface area contributed by atoms with Crippen LogP contribution >= 0.6 is 50.7 Å². The lowest BCUT2D eigenvalue weighted by Gasteiger charge is -2.18. The van der Waals surface area contributed by atoms with Crippen LogP contribution in [0.25, 0.3) is 6.08 Å². The molecule has 3 nitrogen and oxygen atoms in total. The maximum absolute atomic E-state index is 13.6. The summed E-state index contributed by atoms with van der Waals surface area (Å²) in [5, 5.41) is 2.58. The number of hydrogen-bond acceptors (Lipinski definition) is 2. The van der Waals surface area contributed by atoms with E-state index in [1.165, 1.54) is 12.1 Å². The van der Waals surface area contributed by atoms with E-state index in [-0.39, 0.29) is 39.1 Å². The molecule has 0 radical (unpaired) electrons. The first-order valence-corrected chi connectivity index (χ1v) is 10.6. The first kappa shape index (κ1) is 25.0. The predicted molar refractivity (Wildman–Crippen MR) is 119 cm³/mol. The third-order valence-corrected chi connectivity index (χ3v) is 6.02. The van der Waals surface area contributed by atoms with Crippen LogP contribution < -0.4 is 11.1 Å². The maximum Gasteiger partial charge on any atom is 0.399 e. The Balaban J connectivity index is 2.33. The largest absolute Gasteiger partial charge is 0.399 e. The molecule has 0 aliphatic rings. The van der Waals surface area contributed by atoms with Gasteiger partial charge in [0.2, 0.25) is 0 Å². The van der Waals surface area contributed by atoms with Crippen molar-refractivity contribution in [1.82, 2.24) is 5.32 Å². The van der Waals surface area contributed by atoms with E-state index in [0.717, 1.165) is 18.2 Å². The Labute approximate surface area is 195 Å². The van der Waals surface area contributed by atoms with Gasteiger partial charge < -0.3 is 11.1 Å². The van der Waals surface area contributed by atoms with Gasteiger partial charge in [0.1, 0.15) is 0 Å². The highest BCUT2D eigenvalue weighted by Crippen LogP contribution is 2.41. The molecule has 162 valence electrons. The van der Waals surface area contributed by atoms with Crippen molar-refractivity contribution in [3.05, 3.63) is 72.6 Å². The van der Waals surface area contributed by atoms with Crippen molar-refractivity contribution in [3.8, 4) is 0 Å². The monoisotopic (exact) mass is 542 g/mol. The summed E-state index contributed by atoms with van der Waals surface area (Å²) in [5.74, 6) is -2.29. The number of halogens is 7. The van der Waals surface area contributed by atoms with Crippen molar-refractivity contribution in [2.45, 2.75) is 25.1 Å². The number of amides is 1. The fraction of sp³-hybridized carbons (Fsp3) is 0.250. The van der Waals surface area contributed by atoms with E-state index in [1.54, 1.807) is 19.1 Å². The van der Waals surface area contributed by atoms with E-state index in [1.807, 2.05) is 0 Å². The van der Waals surface area contributed by atoms with Crippen LogP contribution in [0.1, 0.15) is 34.3 Å². The first-order chi connectivity index (χ1) is 13.9. The van der Waals surface area contributed by atoms with Crippen molar-refractivity contribution in [3.63, 3.8) is 0 Å². The molecule has 1 amide bonds. The molecular weight excluding hydrogens is 527 g/mol. The van der Waals surface area contributed by atoms with E-state index < -0.39 is 12.1 Å². The second-order valence-corrected chi connectivity index (χ2v) is 8.57. The Bertz CT molecular complexity index is 944. The van der Waals surface area contributed by atoms with Crippen molar-refractivity contribution < 1.29 is 18.0 Å². The average Bonchev–Trinajstić information content (AvgIpc) is 2.64. The molecule has 0 bridgehead atoms. The molecule has 30 heavy (non-hydrogen) atoms. The van der Waals surface area contributed by atoms with Crippen LogP contribution in [0.2, 0.25) is 15.1 Å². The Hall–Kier alpha value is -1.25. The second kappa shape index (κ2) is 10.4. The fourth-order valence-electron chi connectivity index (χ4n) is 2.55. The molecule has 0 saturated carbocycles. The van der Waals surface area contributed by atoms with Crippen LogP contribution in [0.5, 0.6) is 0 Å². The van der Waals surface area contributed by atoms with Gasteiger partial charge in [-0.1, -0.05) is 53.0 Å². The van der Waals surface area contributed by atoms with E-state index >= 15 is 0 Å². The molecule has 2 rings (SSSR count). The van der Waals surface area contributed by atoms with Crippen molar-refractivity contribution >= 4 is 62.7 Å². The summed E-state index contributed by atoms with van der Waals surface area (Å²) in [7, 11) is 0. The quantitative estimate of drug-likeness (QED) is 0.391. The summed E-state index contributed by atoms with van der Waals surface area (Å²) in [6.07, 6.45) is -2.27. The Morgan fingerprint density at radius 2 is 1.80 bits per heavy atom. The van der Waals surface area contributed by atoms with Crippen LogP contribution in [0.4, 0.5) is 13.2 Å². The molecule has 0 aliphatic heterocycles. The molecule has 2 aromatic rings. The van der Waals surface area contributed by atoms with E-state index in [2.05, 4.69) is 21.2 Å². The molecular formula is C20H17BrCl3F3N2O. The van der Waals surface area contributed by atoms with Gasteiger partial charge in [0, 0.05) is 17.1 Å². The number of allylic oxidation sites excluding steroid dienone is 1. The zero-order valence-corrected chi connectivity index (χ0v) is 19.4. The highest BCUT2D eigenvalue weighted by molar-refractivity contribution is 9.10. The van der Waals surface area contributed by atoms with Crippen molar-refractivity contribution in [1.29, 1.82) is 0 Å². The Morgan fingerprint density at radius 3 is 2.30 bits per heavy atom. The Kier molecular flexibility index (Phi) is 8.65. The van der Waals surface area contributed by atoms with Gasteiger partial charge in [-0.15, -0.1) is 0 Å². The third-order valence-electron chi connectivity index (χ3n) is 4.17. The van der Waals surface area contributed by atoms with Gasteiger partial charge in [0.25, 0.3) is 5.91 Å². The van der Waals surface area contributed by atoms with Crippen LogP contribution in [0.15, 0.2) is 40.9 Å². The minimum absolute atomic E-state index is 0.00580. The van der Waals surface area contributed by atoms with Crippen LogP contribution in [0, 0.1) is 0 Å². The van der Waals surface area contributed by atoms with Crippen molar-refractivity contribution in [2.24, 2.45) is 5.73 Å². The molecule has 3 N–H and O–H groups in total. The minimum atomic E-state index is -4.58. The first-order valence-electron chi connectivity index (χ1n) is 8.63. The average molecular weight is 545 g/mol. The topological polar surface area (TPSA) is 55.1 Å². The lowest BCUT2D eigenvalue weighted by Crippen LogP contribution is -2.37. The molecule has 0 heterocycles. The number of nitrogens with one attached hydrogen (secondary N) is 1. The number of carbonyl (C=O) groups excluding carboxylic acids is 1. The molecule has 0 saturated heterocycles. The molecule has 0 spiro atoms. The molecule has 2 atom stereocenters. The normalized spacial score (nSPS) is 14.0. The number of hydrogen-bond donors (Lipinski definition) is 2. The second-order valence-electron chi connectivity index (χ2n) is 6.53. The predicted octanol–water partition coefficient (Wildman–Crippen LogP) is 6.85. The van der Waals surface area contributed by atoms with Gasteiger partial charge in [0.15, 0.2) is 0 Å². The summed E-state index contributed by atoms with van der Waals surface area (Å²) in [6, 6.07) is 6.67. The van der Waals surface area contributed by atoms with Crippen LogP contribution in [-0.4, -0.2) is 24.7 Å². The van der Waals surface area contributed by atoms with Gasteiger partial charge in [0.05, 0.1) is 26.5 Å². The zero-order valence-electron chi connectivity index (χ0n) is 15.5. The number of alkyl halides is 3. The minimum Gasteiger partial charge on any atom is -0.348 e. The number of nitrogens with two attached hydrogens (primary N) is 1. The Morgan fingerprint density at radius 1 is 1.20 bits per heavy atom. The van der Waals surface area contributed by atoms with Crippen molar-refractivity contribution in [2.75, 3.05) is 6.54 Å². The van der Waals surface area contributed by atoms with E-state index in [0.29, 0.717) is 15.6 Å². The molecule has 10 heteroatoms. The molecule has 2 unspecified atom stereocenters. The number of benzene rings is 2. The summed E-state index contributed by atoms with van der Waals surface area (Å²) >= 11 is 20.9.